The molecule has 0 N–H and O–H groups in total. The van der Waals surface area contributed by atoms with E-state index < -0.39 is 6.09 Å². The molecule has 1 heterocycles. The van der Waals surface area contributed by atoms with Crippen LogP contribution in [0.3, 0.4) is 0 Å². The Balaban J connectivity index is 1.10. The van der Waals surface area contributed by atoms with E-state index in [9.17, 15) is 4.79 Å². The number of para-hydroxylation sites is 1. The third-order valence-electron chi connectivity index (χ3n) is 11.9. The Morgan fingerprint density at radius 2 is 1.07 bits per heavy atom. The molecule has 1 aliphatic rings. The quantitative estimate of drug-likeness (QED) is 0.160. The summed E-state index contributed by atoms with van der Waals surface area (Å²) in [6.07, 6.45) is -0.466. The molecule has 0 bridgehead atoms. The highest BCUT2D eigenvalue weighted by Gasteiger charge is 2.37. The number of hydrogen-bond donors (Lipinski definition) is 0. The van der Waals surface area contributed by atoms with Gasteiger partial charge in [0, 0.05) is 44.6 Å². The number of benzene rings is 8. The number of fused-ring (bicyclic) bond motifs is 5. The summed E-state index contributed by atoms with van der Waals surface area (Å²) in [6, 6.07) is 64.9. The van der Waals surface area contributed by atoms with Crippen LogP contribution in [0, 0.1) is 0 Å². The van der Waals surface area contributed by atoms with Crippen molar-refractivity contribution in [2.45, 2.75) is 19.3 Å². The second-order valence-electron chi connectivity index (χ2n) is 15.6. The third-order valence-corrected chi connectivity index (χ3v) is 14.0. The summed E-state index contributed by atoms with van der Waals surface area (Å²) in [5.74, 6) is 0. The fourth-order valence-electron chi connectivity index (χ4n) is 8.90. The molecule has 0 saturated heterocycles. The van der Waals surface area contributed by atoms with E-state index in [0.29, 0.717) is 4.60 Å². The van der Waals surface area contributed by atoms with Gasteiger partial charge < -0.3 is 14.5 Å². The van der Waals surface area contributed by atoms with Gasteiger partial charge in [0.1, 0.15) is 4.60 Å². The number of rotatable bonds is 7. The summed E-state index contributed by atoms with van der Waals surface area (Å²) in [5, 5.41) is 3.29. The Labute approximate surface area is 366 Å². The van der Waals surface area contributed by atoms with Gasteiger partial charge in [0.05, 0.1) is 22.8 Å². The summed E-state index contributed by atoms with van der Waals surface area (Å²) < 4.78 is 8.04. The Morgan fingerprint density at radius 1 is 0.533 bits per heavy atom. The molecule has 8 aromatic carbocycles. The Bertz CT molecular complexity index is 3100. The lowest BCUT2D eigenvalue weighted by atomic mass is 9.82. The maximum absolute atomic E-state index is 12.9. The van der Waals surface area contributed by atoms with Crippen molar-refractivity contribution < 1.29 is 9.53 Å². The highest BCUT2D eigenvalue weighted by molar-refractivity contribution is 9.13. The largest absolute Gasteiger partial charge is 0.452 e. The predicted molar refractivity (Wildman–Crippen MR) is 255 cm³/mol. The molecular formula is C53H39Br2N3O2. The van der Waals surface area contributed by atoms with Gasteiger partial charge in [0.25, 0.3) is 0 Å². The van der Waals surface area contributed by atoms with E-state index in [1.807, 2.05) is 12.1 Å². The number of anilines is 6. The fourth-order valence-corrected chi connectivity index (χ4v) is 9.94. The van der Waals surface area contributed by atoms with Crippen LogP contribution in [-0.4, -0.2) is 17.8 Å². The van der Waals surface area contributed by atoms with Gasteiger partial charge in [-0.15, -0.1) is 0 Å². The molecule has 0 amide bonds. The van der Waals surface area contributed by atoms with Gasteiger partial charge in [-0.25, -0.2) is 9.36 Å². The van der Waals surface area contributed by atoms with Crippen molar-refractivity contribution in [2.24, 2.45) is 0 Å². The van der Waals surface area contributed by atoms with Gasteiger partial charge in [-0.1, -0.05) is 123 Å². The SMILES string of the molecule is COC(=O)n1c(Br)c(Br)c2cc(N(c3ccc(-c4ccccc4)cc3)c3ccc4c(c3)C(C)(C)c3cc(N(c5ccccc5)c5cccc6ccccc56)ccc3-4)ccc21. The molecule has 1 aromatic heterocycles. The van der Waals surface area contributed by atoms with E-state index in [1.165, 1.54) is 44.7 Å². The van der Waals surface area contributed by atoms with E-state index in [4.69, 9.17) is 4.74 Å². The number of ether oxygens (including phenoxy) is 1. The molecule has 0 saturated carbocycles. The lowest BCUT2D eigenvalue weighted by Crippen LogP contribution is -2.17. The molecule has 292 valence electrons. The topological polar surface area (TPSA) is 37.7 Å². The molecule has 1 aliphatic carbocycles. The van der Waals surface area contributed by atoms with Crippen LogP contribution in [-0.2, 0) is 10.2 Å². The first-order chi connectivity index (χ1) is 29.2. The molecular weight excluding hydrogens is 870 g/mol. The van der Waals surface area contributed by atoms with Crippen molar-refractivity contribution in [1.29, 1.82) is 0 Å². The van der Waals surface area contributed by atoms with Crippen molar-refractivity contribution in [3.05, 3.63) is 202 Å². The first kappa shape index (κ1) is 37.8. The van der Waals surface area contributed by atoms with Crippen LogP contribution in [0.5, 0.6) is 0 Å². The van der Waals surface area contributed by atoms with Crippen LogP contribution < -0.4 is 9.80 Å². The summed E-state index contributed by atoms with van der Waals surface area (Å²) in [7, 11) is 1.39. The van der Waals surface area contributed by atoms with Gasteiger partial charge >= 0.3 is 6.09 Å². The number of aromatic nitrogens is 1. The van der Waals surface area contributed by atoms with Gasteiger partial charge in [0.2, 0.25) is 0 Å². The van der Waals surface area contributed by atoms with Crippen molar-refractivity contribution in [3.63, 3.8) is 0 Å². The van der Waals surface area contributed by atoms with E-state index in [0.717, 1.165) is 60.6 Å². The zero-order valence-electron chi connectivity index (χ0n) is 33.2. The Kier molecular flexibility index (Phi) is 9.46. The average Bonchev–Trinajstić information content (AvgIpc) is 3.68. The van der Waals surface area contributed by atoms with Crippen molar-refractivity contribution in [1.82, 2.24) is 4.57 Å². The smallest absolute Gasteiger partial charge is 0.419 e. The van der Waals surface area contributed by atoms with Crippen LogP contribution in [0.2, 0.25) is 0 Å². The highest BCUT2D eigenvalue weighted by atomic mass is 79.9. The van der Waals surface area contributed by atoms with Crippen LogP contribution in [0.15, 0.2) is 191 Å². The monoisotopic (exact) mass is 907 g/mol. The van der Waals surface area contributed by atoms with Crippen molar-refractivity contribution in [2.75, 3.05) is 16.9 Å². The van der Waals surface area contributed by atoms with E-state index >= 15 is 0 Å². The minimum atomic E-state index is -0.466. The summed E-state index contributed by atoms with van der Waals surface area (Å²) >= 11 is 7.39. The van der Waals surface area contributed by atoms with Crippen molar-refractivity contribution in [3.8, 4) is 22.3 Å². The Hall–Kier alpha value is -6.41. The number of hydrogen-bond acceptors (Lipinski definition) is 4. The second kappa shape index (κ2) is 15.0. The lowest BCUT2D eigenvalue weighted by molar-refractivity contribution is 0.173. The fraction of sp³-hybridized carbons (Fsp3) is 0.0755. The number of halogens is 2. The molecule has 10 rings (SSSR count). The maximum Gasteiger partial charge on any atom is 0.419 e. The average molecular weight is 910 g/mol. The number of methoxy groups -OCH3 is 1. The van der Waals surface area contributed by atoms with Gasteiger partial charge in [0.15, 0.2) is 0 Å². The molecule has 60 heavy (non-hydrogen) atoms. The molecule has 5 nitrogen and oxygen atoms in total. The standard InChI is InChI=1S/C53H39Br2N3O2/c1-53(2)46-32-40(25-28-43(46)44-29-26-41(33-47(44)53)57(37-17-8-5-9-18-37)48-20-12-16-36-15-10-11-19-42(36)48)56(38-23-21-35(22-24-38)34-13-6-4-7-14-34)39-27-30-49-45(31-39)50(54)51(55)58(49)52(59)60-3/h4-33H,1-3H3. The van der Waals surface area contributed by atoms with Crippen LogP contribution >= 0.6 is 31.9 Å². The molecule has 7 heteroatoms. The van der Waals surface area contributed by atoms with E-state index in [-0.39, 0.29) is 5.41 Å². The first-order valence-corrected chi connectivity index (χ1v) is 21.5. The molecule has 0 unspecified atom stereocenters. The Morgan fingerprint density at radius 3 is 1.75 bits per heavy atom. The number of nitrogens with zero attached hydrogens (tertiary/aromatic N) is 3. The molecule has 0 fully saturated rings. The van der Waals surface area contributed by atoms with Gasteiger partial charge in [-0.2, -0.15) is 0 Å². The molecule has 0 aliphatic heterocycles. The summed E-state index contributed by atoms with van der Waals surface area (Å²) in [4.78, 5) is 17.5. The van der Waals surface area contributed by atoms with E-state index in [2.05, 4.69) is 225 Å². The molecule has 9 aromatic rings. The maximum atomic E-state index is 12.9. The number of carbonyl (C=O) groups is 1. The number of carbonyl (C=O) groups excluding carboxylic acids is 1. The zero-order chi connectivity index (χ0) is 41.1. The third kappa shape index (κ3) is 6.23. The normalized spacial score (nSPS) is 12.6. The summed E-state index contributed by atoms with van der Waals surface area (Å²) in [6.45, 7) is 4.68. The minimum Gasteiger partial charge on any atom is -0.452 e. The van der Waals surface area contributed by atoms with Crippen molar-refractivity contribution >= 4 is 93.8 Å². The molecule has 0 radical (unpaired) electrons. The first-order valence-electron chi connectivity index (χ1n) is 19.9. The van der Waals surface area contributed by atoms with Gasteiger partial charge in [-0.05, 0) is 143 Å². The zero-order valence-corrected chi connectivity index (χ0v) is 36.4. The van der Waals surface area contributed by atoms with Crippen LogP contribution in [0.1, 0.15) is 25.0 Å². The molecule has 0 atom stereocenters. The summed E-state index contributed by atoms with van der Waals surface area (Å²) in [5.41, 5.74) is 14.1. The minimum absolute atomic E-state index is 0.309. The van der Waals surface area contributed by atoms with Crippen LogP contribution in [0.25, 0.3) is 43.9 Å². The lowest BCUT2D eigenvalue weighted by Gasteiger charge is -2.29. The second-order valence-corrected chi connectivity index (χ2v) is 17.2. The molecule has 0 spiro atoms. The van der Waals surface area contributed by atoms with Gasteiger partial charge in [-0.3, -0.25) is 0 Å². The van der Waals surface area contributed by atoms with Crippen LogP contribution in [0.4, 0.5) is 38.9 Å². The highest BCUT2D eigenvalue weighted by Crippen LogP contribution is 2.53. The van der Waals surface area contributed by atoms with E-state index in [1.54, 1.807) is 0 Å². The predicted octanol–water partition coefficient (Wildman–Crippen LogP) is 15.8.